The lowest BCUT2D eigenvalue weighted by molar-refractivity contribution is -0.161. The van der Waals surface area contributed by atoms with Crippen LogP contribution < -0.4 is 0 Å². The normalized spacial score (nSPS) is 14.1. The first kappa shape index (κ1) is 84.1. The molecule has 86 heavy (non-hydrogen) atoms. The highest BCUT2D eigenvalue weighted by atomic mass is 31.2. The Balaban J connectivity index is 5.19. The van der Waals surface area contributed by atoms with E-state index < -0.39 is 97.5 Å². The van der Waals surface area contributed by atoms with Crippen LogP contribution in [0.2, 0.25) is 0 Å². The lowest BCUT2D eigenvalue weighted by atomic mass is 10.0. The zero-order valence-corrected chi connectivity index (χ0v) is 57.1. The second-order valence-electron chi connectivity index (χ2n) is 24.2. The van der Waals surface area contributed by atoms with E-state index in [-0.39, 0.29) is 25.7 Å². The Morgan fingerprint density at radius 3 is 0.686 bits per heavy atom. The van der Waals surface area contributed by atoms with E-state index in [0.717, 1.165) is 89.9 Å². The summed E-state index contributed by atoms with van der Waals surface area (Å²) in [6, 6.07) is 0. The number of rotatable bonds is 68. The average Bonchev–Trinajstić information content (AvgIpc) is 3.67. The second-order valence-corrected chi connectivity index (χ2v) is 27.1. The molecule has 2 unspecified atom stereocenters. The number of aliphatic hydroxyl groups is 1. The number of carbonyl (C=O) groups excluding carboxylic acids is 4. The molecule has 0 radical (unpaired) electrons. The Hall–Kier alpha value is -1.94. The molecule has 0 fully saturated rings. The zero-order chi connectivity index (χ0) is 63.3. The summed E-state index contributed by atoms with van der Waals surface area (Å²) >= 11 is 0. The first-order valence-electron chi connectivity index (χ1n) is 35.3. The Morgan fingerprint density at radius 2 is 0.465 bits per heavy atom. The van der Waals surface area contributed by atoms with Gasteiger partial charge in [0.25, 0.3) is 0 Å². The fourth-order valence-corrected chi connectivity index (χ4v) is 11.7. The summed E-state index contributed by atoms with van der Waals surface area (Å²) in [5.74, 6) is -2.13. The van der Waals surface area contributed by atoms with Gasteiger partial charge >= 0.3 is 39.5 Å². The summed E-state index contributed by atoms with van der Waals surface area (Å²) < 4.78 is 68.1. The molecular formula is C67H130O17P2. The van der Waals surface area contributed by atoms with Gasteiger partial charge in [-0.3, -0.25) is 37.3 Å². The first-order valence-corrected chi connectivity index (χ1v) is 38.3. The van der Waals surface area contributed by atoms with Crippen molar-refractivity contribution in [1.82, 2.24) is 0 Å². The van der Waals surface area contributed by atoms with Crippen LogP contribution in [0.1, 0.15) is 349 Å². The Labute approximate surface area is 524 Å². The summed E-state index contributed by atoms with van der Waals surface area (Å²) in [6.07, 6.45) is 48.5. The number of unbranched alkanes of at least 4 members (excludes halogenated alkanes) is 42. The molecule has 0 aromatic carbocycles. The van der Waals surface area contributed by atoms with Crippen LogP contribution in [0.25, 0.3) is 0 Å². The molecule has 0 amide bonds. The van der Waals surface area contributed by atoms with E-state index in [2.05, 4.69) is 27.7 Å². The van der Waals surface area contributed by atoms with Crippen LogP contribution in [-0.4, -0.2) is 96.7 Å². The van der Waals surface area contributed by atoms with Crippen molar-refractivity contribution in [3.05, 3.63) is 0 Å². The van der Waals surface area contributed by atoms with Crippen molar-refractivity contribution in [3.63, 3.8) is 0 Å². The lowest BCUT2D eigenvalue weighted by Crippen LogP contribution is -2.30. The molecule has 0 spiro atoms. The molecule has 0 bridgehead atoms. The van der Waals surface area contributed by atoms with Crippen molar-refractivity contribution in [3.8, 4) is 0 Å². The van der Waals surface area contributed by atoms with Crippen LogP contribution in [-0.2, 0) is 65.4 Å². The van der Waals surface area contributed by atoms with E-state index in [1.165, 1.54) is 180 Å². The summed E-state index contributed by atoms with van der Waals surface area (Å²) in [5.41, 5.74) is 0. The van der Waals surface area contributed by atoms with E-state index in [1.807, 2.05) is 0 Å². The quantitative estimate of drug-likeness (QED) is 0.0222. The van der Waals surface area contributed by atoms with E-state index in [0.29, 0.717) is 25.7 Å². The van der Waals surface area contributed by atoms with Crippen molar-refractivity contribution >= 4 is 39.5 Å². The molecule has 5 atom stereocenters. The minimum atomic E-state index is -4.95. The maximum atomic E-state index is 13.0. The van der Waals surface area contributed by atoms with E-state index in [1.54, 1.807) is 0 Å². The van der Waals surface area contributed by atoms with Gasteiger partial charge in [0.2, 0.25) is 0 Å². The summed E-state index contributed by atoms with van der Waals surface area (Å²) in [6.45, 7) is 4.89. The van der Waals surface area contributed by atoms with Crippen LogP contribution in [0, 0.1) is 0 Å². The van der Waals surface area contributed by atoms with Gasteiger partial charge in [-0.15, -0.1) is 0 Å². The van der Waals surface area contributed by atoms with Crippen LogP contribution in [0.3, 0.4) is 0 Å². The summed E-state index contributed by atoms with van der Waals surface area (Å²) in [5, 5.41) is 10.5. The zero-order valence-electron chi connectivity index (χ0n) is 55.3. The largest absolute Gasteiger partial charge is 0.472 e. The molecule has 0 aromatic rings. The van der Waals surface area contributed by atoms with Crippen LogP contribution in [0.4, 0.5) is 0 Å². The van der Waals surface area contributed by atoms with E-state index in [4.69, 9.17) is 37.0 Å². The number of esters is 4. The maximum absolute atomic E-state index is 13.0. The van der Waals surface area contributed by atoms with Crippen LogP contribution in [0.15, 0.2) is 0 Å². The smallest absolute Gasteiger partial charge is 0.462 e. The molecule has 0 aliphatic heterocycles. The van der Waals surface area contributed by atoms with Gasteiger partial charge in [0.1, 0.15) is 19.3 Å². The third-order valence-corrected chi connectivity index (χ3v) is 17.5. The molecule has 3 N–H and O–H groups in total. The number of hydrogen-bond donors (Lipinski definition) is 3. The van der Waals surface area contributed by atoms with Gasteiger partial charge in [-0.1, -0.05) is 297 Å². The maximum Gasteiger partial charge on any atom is 0.472 e. The fourth-order valence-electron chi connectivity index (χ4n) is 10.2. The predicted octanol–water partition coefficient (Wildman–Crippen LogP) is 19.1. The standard InChI is InChI=1S/C67H130O17P2/c1-5-9-13-17-21-25-27-28-29-30-31-32-34-38-42-46-50-54-67(72)84-63(58-78-65(70)52-48-44-40-37-33-26-22-18-14-10-6-2)60-82-86(75,76)80-56-61(68)55-79-85(73,74)81-59-62(83-66(71)53-49-45-41-36-24-20-16-12-8-4)57-77-64(69)51-47-43-39-35-23-19-15-11-7-3/h61-63,68H,5-60H2,1-4H3,(H,73,74)(H,75,76)/t61-,62+,63+/m0/s1. The van der Waals surface area contributed by atoms with Crippen molar-refractivity contribution in [2.45, 2.75) is 367 Å². The molecule has 17 nitrogen and oxygen atoms in total. The number of aliphatic hydroxyl groups excluding tert-OH is 1. The average molecular weight is 1270 g/mol. The van der Waals surface area contributed by atoms with Crippen LogP contribution in [0.5, 0.6) is 0 Å². The van der Waals surface area contributed by atoms with Crippen molar-refractivity contribution in [2.75, 3.05) is 39.6 Å². The topological polar surface area (TPSA) is 237 Å². The molecule has 0 aromatic heterocycles. The molecule has 19 heteroatoms. The number of phosphoric acid groups is 2. The van der Waals surface area contributed by atoms with Gasteiger partial charge in [0.15, 0.2) is 12.2 Å². The molecule has 0 saturated carbocycles. The fraction of sp³-hybridized carbons (Fsp3) is 0.940. The highest BCUT2D eigenvalue weighted by Crippen LogP contribution is 2.45. The van der Waals surface area contributed by atoms with Gasteiger partial charge in [-0.05, 0) is 25.7 Å². The summed E-state index contributed by atoms with van der Waals surface area (Å²) in [7, 11) is -9.89. The predicted molar refractivity (Wildman–Crippen MR) is 345 cm³/mol. The molecule has 0 saturated heterocycles. The molecular weight excluding hydrogens is 1140 g/mol. The minimum Gasteiger partial charge on any atom is -0.462 e. The van der Waals surface area contributed by atoms with Gasteiger partial charge in [0, 0.05) is 25.7 Å². The van der Waals surface area contributed by atoms with E-state index >= 15 is 0 Å². The highest BCUT2D eigenvalue weighted by Gasteiger charge is 2.30. The Morgan fingerprint density at radius 1 is 0.279 bits per heavy atom. The molecule has 510 valence electrons. The van der Waals surface area contributed by atoms with Crippen molar-refractivity contribution in [2.24, 2.45) is 0 Å². The number of carbonyl (C=O) groups is 4. The lowest BCUT2D eigenvalue weighted by Gasteiger charge is -2.21. The third-order valence-electron chi connectivity index (χ3n) is 15.6. The molecule has 0 aliphatic carbocycles. The third kappa shape index (κ3) is 60.9. The number of phosphoric ester groups is 2. The molecule has 0 heterocycles. The van der Waals surface area contributed by atoms with Crippen molar-refractivity contribution in [1.29, 1.82) is 0 Å². The Kier molecular flexibility index (Phi) is 60.5. The summed E-state index contributed by atoms with van der Waals surface area (Å²) in [4.78, 5) is 72.3. The SMILES string of the molecule is CCCCCCCCCCCCCCCCCCCC(=O)O[C@H](COC(=O)CCCCCCCCCCCCC)COP(=O)(O)OC[C@@H](O)COP(=O)(O)OC[C@@H](COC(=O)CCCCCCCCCCC)OC(=O)CCCCCCCCCCC. The first-order chi connectivity index (χ1) is 41.7. The van der Waals surface area contributed by atoms with Gasteiger partial charge in [-0.25, -0.2) is 9.13 Å². The molecule has 0 rings (SSSR count). The second kappa shape index (κ2) is 61.9. The Bertz CT molecular complexity index is 1650. The number of ether oxygens (including phenoxy) is 4. The number of hydrogen-bond acceptors (Lipinski definition) is 15. The highest BCUT2D eigenvalue weighted by molar-refractivity contribution is 7.47. The minimum absolute atomic E-state index is 0.106. The van der Waals surface area contributed by atoms with Gasteiger partial charge in [0.05, 0.1) is 26.4 Å². The monoisotopic (exact) mass is 1270 g/mol. The van der Waals surface area contributed by atoms with Crippen molar-refractivity contribution < 1.29 is 80.2 Å². The van der Waals surface area contributed by atoms with E-state index in [9.17, 15) is 43.2 Å². The molecule has 0 aliphatic rings. The van der Waals surface area contributed by atoms with Crippen LogP contribution >= 0.6 is 15.6 Å². The van der Waals surface area contributed by atoms with Gasteiger partial charge in [-0.2, -0.15) is 0 Å². The van der Waals surface area contributed by atoms with Gasteiger partial charge < -0.3 is 33.8 Å².